The maximum Gasteiger partial charge on any atom is 0.246 e. The Morgan fingerprint density at radius 1 is 1.40 bits per heavy atom. The van der Waals surface area contributed by atoms with Crippen LogP contribution in [-0.2, 0) is 4.79 Å². The third-order valence-corrected chi connectivity index (χ3v) is 2.89. The molecule has 1 atom stereocenters. The molecule has 1 saturated heterocycles. The zero-order valence-electron chi connectivity index (χ0n) is 8.73. The van der Waals surface area contributed by atoms with Gasteiger partial charge in [-0.25, -0.2) is 0 Å². The van der Waals surface area contributed by atoms with E-state index in [1.165, 1.54) is 11.6 Å². The van der Waals surface area contributed by atoms with Gasteiger partial charge in [0.25, 0.3) is 0 Å². The van der Waals surface area contributed by atoms with Gasteiger partial charge in [-0.15, -0.1) is 0 Å². The third-order valence-electron chi connectivity index (χ3n) is 2.89. The van der Waals surface area contributed by atoms with Crippen LogP contribution < -0.4 is 0 Å². The molecule has 0 aliphatic carbocycles. The number of carbonyl (C=O) groups excluding carboxylic acids is 1. The van der Waals surface area contributed by atoms with Crippen molar-refractivity contribution in [3.63, 3.8) is 0 Å². The van der Waals surface area contributed by atoms with Gasteiger partial charge in [-0.05, 0) is 24.5 Å². The predicted molar refractivity (Wildman–Crippen MR) is 60.3 cm³/mol. The van der Waals surface area contributed by atoms with E-state index in [1.54, 1.807) is 0 Å². The Bertz CT molecular complexity index is 358. The molecule has 0 spiro atoms. The van der Waals surface area contributed by atoms with Crippen LogP contribution in [0.25, 0.3) is 0 Å². The maximum absolute atomic E-state index is 11.6. The molecule has 2 heteroatoms. The smallest absolute Gasteiger partial charge is 0.246 e. The van der Waals surface area contributed by atoms with E-state index in [-0.39, 0.29) is 11.9 Å². The maximum atomic E-state index is 11.6. The van der Waals surface area contributed by atoms with E-state index in [1.807, 2.05) is 23.1 Å². The highest BCUT2D eigenvalue weighted by atomic mass is 16.2. The molecule has 1 aromatic rings. The monoisotopic (exact) mass is 201 g/mol. The number of hydrogen-bond donors (Lipinski definition) is 0. The SMILES string of the molecule is C=CC(=O)N1CCC[C@@H]1c1ccccc1. The Balaban J connectivity index is 2.22. The highest BCUT2D eigenvalue weighted by Crippen LogP contribution is 2.31. The Morgan fingerprint density at radius 3 is 2.80 bits per heavy atom. The lowest BCUT2D eigenvalue weighted by Crippen LogP contribution is -2.28. The largest absolute Gasteiger partial charge is 0.332 e. The molecule has 0 saturated carbocycles. The molecular formula is C13H15NO. The first-order valence-corrected chi connectivity index (χ1v) is 5.31. The summed E-state index contributed by atoms with van der Waals surface area (Å²) in [7, 11) is 0. The molecule has 0 N–H and O–H groups in total. The van der Waals surface area contributed by atoms with Crippen molar-refractivity contribution in [1.29, 1.82) is 0 Å². The van der Waals surface area contributed by atoms with Gasteiger partial charge >= 0.3 is 0 Å². The molecule has 2 nitrogen and oxygen atoms in total. The summed E-state index contributed by atoms with van der Waals surface area (Å²) < 4.78 is 0. The zero-order valence-corrected chi connectivity index (χ0v) is 8.73. The highest BCUT2D eigenvalue weighted by Gasteiger charge is 2.27. The molecule has 0 radical (unpaired) electrons. The summed E-state index contributed by atoms with van der Waals surface area (Å²) in [6.07, 6.45) is 3.55. The first kappa shape index (κ1) is 9.97. The van der Waals surface area contributed by atoms with E-state index in [0.29, 0.717) is 0 Å². The Hall–Kier alpha value is -1.57. The summed E-state index contributed by atoms with van der Waals surface area (Å²) in [4.78, 5) is 13.5. The second-order valence-corrected chi connectivity index (χ2v) is 3.80. The van der Waals surface area contributed by atoms with Crippen molar-refractivity contribution < 1.29 is 4.79 Å². The second-order valence-electron chi connectivity index (χ2n) is 3.80. The Labute approximate surface area is 90.2 Å². The van der Waals surface area contributed by atoms with Crippen LogP contribution in [0, 0.1) is 0 Å². The van der Waals surface area contributed by atoms with Crippen LogP contribution in [0.1, 0.15) is 24.4 Å². The van der Waals surface area contributed by atoms with E-state index < -0.39 is 0 Å². The van der Waals surface area contributed by atoms with Crippen LogP contribution in [0.5, 0.6) is 0 Å². The van der Waals surface area contributed by atoms with E-state index in [9.17, 15) is 4.79 Å². The molecule has 0 unspecified atom stereocenters. The summed E-state index contributed by atoms with van der Waals surface area (Å²) in [6.45, 7) is 4.39. The molecule has 15 heavy (non-hydrogen) atoms. The van der Waals surface area contributed by atoms with Gasteiger partial charge in [-0.2, -0.15) is 0 Å². The lowest BCUT2D eigenvalue weighted by atomic mass is 10.0. The van der Waals surface area contributed by atoms with Crippen molar-refractivity contribution in [2.75, 3.05) is 6.54 Å². The van der Waals surface area contributed by atoms with Crippen LogP contribution >= 0.6 is 0 Å². The van der Waals surface area contributed by atoms with Gasteiger partial charge in [0, 0.05) is 6.54 Å². The fourth-order valence-corrected chi connectivity index (χ4v) is 2.17. The lowest BCUT2D eigenvalue weighted by Gasteiger charge is -2.23. The average Bonchev–Trinajstić information content (AvgIpc) is 2.78. The molecule has 1 fully saturated rings. The molecular weight excluding hydrogens is 186 g/mol. The fraction of sp³-hybridized carbons (Fsp3) is 0.308. The molecule has 0 aromatic heterocycles. The minimum absolute atomic E-state index is 0.0429. The van der Waals surface area contributed by atoms with E-state index in [4.69, 9.17) is 0 Å². The minimum Gasteiger partial charge on any atom is -0.332 e. The van der Waals surface area contributed by atoms with Crippen molar-refractivity contribution in [3.05, 3.63) is 48.6 Å². The molecule has 2 rings (SSSR count). The summed E-state index contributed by atoms with van der Waals surface area (Å²) in [6, 6.07) is 10.4. The molecule has 1 amide bonds. The van der Waals surface area contributed by atoms with E-state index >= 15 is 0 Å². The van der Waals surface area contributed by atoms with Crippen molar-refractivity contribution in [3.8, 4) is 0 Å². The predicted octanol–water partition coefficient (Wildman–Crippen LogP) is 2.54. The van der Waals surface area contributed by atoms with Gasteiger partial charge < -0.3 is 4.90 Å². The molecule has 1 heterocycles. The first-order valence-electron chi connectivity index (χ1n) is 5.31. The molecule has 1 aliphatic heterocycles. The zero-order chi connectivity index (χ0) is 10.7. The van der Waals surface area contributed by atoms with Crippen molar-refractivity contribution in [2.45, 2.75) is 18.9 Å². The summed E-state index contributed by atoms with van der Waals surface area (Å²) in [5.41, 5.74) is 1.23. The average molecular weight is 201 g/mol. The van der Waals surface area contributed by atoms with Gasteiger partial charge in [0.15, 0.2) is 0 Å². The molecule has 0 bridgehead atoms. The van der Waals surface area contributed by atoms with Crippen LogP contribution in [0.4, 0.5) is 0 Å². The second kappa shape index (κ2) is 4.30. The van der Waals surface area contributed by atoms with Gasteiger partial charge in [0.1, 0.15) is 0 Å². The van der Waals surface area contributed by atoms with E-state index in [0.717, 1.165) is 19.4 Å². The standard InChI is InChI=1S/C13H15NO/c1-2-13(15)14-10-6-9-12(14)11-7-4-3-5-8-11/h2-5,7-8,12H,1,6,9-10H2/t12-/m1/s1. The number of hydrogen-bond acceptors (Lipinski definition) is 1. The van der Waals surface area contributed by atoms with Crippen LogP contribution in [0.15, 0.2) is 43.0 Å². The molecule has 1 aliphatic rings. The normalized spacial score (nSPS) is 20.3. The lowest BCUT2D eigenvalue weighted by molar-refractivity contribution is -0.126. The summed E-state index contributed by atoms with van der Waals surface area (Å²) in [5, 5.41) is 0. The number of nitrogens with zero attached hydrogens (tertiary/aromatic N) is 1. The summed E-state index contributed by atoms with van der Waals surface area (Å²) >= 11 is 0. The topological polar surface area (TPSA) is 20.3 Å². The van der Waals surface area contributed by atoms with Crippen LogP contribution in [0.3, 0.4) is 0 Å². The van der Waals surface area contributed by atoms with Crippen LogP contribution in [0.2, 0.25) is 0 Å². The minimum atomic E-state index is 0.0429. The highest BCUT2D eigenvalue weighted by molar-refractivity contribution is 5.87. The van der Waals surface area contributed by atoms with Gasteiger partial charge in [0.05, 0.1) is 6.04 Å². The third kappa shape index (κ3) is 1.94. The Kier molecular flexibility index (Phi) is 2.86. The number of carbonyl (C=O) groups is 1. The number of likely N-dealkylation sites (tertiary alicyclic amines) is 1. The molecule has 78 valence electrons. The van der Waals surface area contributed by atoms with Crippen LogP contribution in [-0.4, -0.2) is 17.4 Å². The quantitative estimate of drug-likeness (QED) is 0.673. The number of rotatable bonds is 2. The molecule has 1 aromatic carbocycles. The fourth-order valence-electron chi connectivity index (χ4n) is 2.17. The van der Waals surface area contributed by atoms with Crippen molar-refractivity contribution in [2.24, 2.45) is 0 Å². The number of amides is 1. The summed E-state index contributed by atoms with van der Waals surface area (Å²) in [5.74, 6) is 0.0429. The Morgan fingerprint density at radius 2 is 2.13 bits per heavy atom. The first-order chi connectivity index (χ1) is 7.33. The van der Waals surface area contributed by atoms with Crippen molar-refractivity contribution in [1.82, 2.24) is 4.90 Å². The van der Waals surface area contributed by atoms with Crippen molar-refractivity contribution >= 4 is 5.91 Å². The van der Waals surface area contributed by atoms with Gasteiger partial charge in [-0.1, -0.05) is 36.9 Å². The van der Waals surface area contributed by atoms with E-state index in [2.05, 4.69) is 18.7 Å². The van der Waals surface area contributed by atoms with Gasteiger partial charge in [-0.3, -0.25) is 4.79 Å². The van der Waals surface area contributed by atoms with Gasteiger partial charge in [0.2, 0.25) is 5.91 Å². The number of benzene rings is 1.